The van der Waals surface area contributed by atoms with Gasteiger partial charge in [-0.3, -0.25) is 0 Å². The molecule has 2 heteroatoms. The second-order valence-electron chi connectivity index (χ2n) is 4.54. The van der Waals surface area contributed by atoms with E-state index in [-0.39, 0.29) is 0 Å². The van der Waals surface area contributed by atoms with E-state index >= 15 is 0 Å². The molecule has 0 bridgehead atoms. The Balaban J connectivity index is 2.18. The van der Waals surface area contributed by atoms with Crippen LogP contribution in [0.15, 0.2) is 24.3 Å². The zero-order valence-electron chi connectivity index (χ0n) is 8.50. The molecule has 0 saturated heterocycles. The van der Waals surface area contributed by atoms with Crippen molar-refractivity contribution in [2.24, 2.45) is 0 Å². The second-order valence-corrected chi connectivity index (χ2v) is 5.10. The molecule has 0 unspecified atom stereocenters. The van der Waals surface area contributed by atoms with Gasteiger partial charge in [0.25, 0.3) is 0 Å². The first-order chi connectivity index (χ1) is 6.48. The first-order valence-electron chi connectivity index (χ1n) is 4.95. The normalized spacial score (nSPS) is 26.3. The monoisotopic (exact) mass is 210 g/mol. The molecule has 1 aromatic carbocycles. The number of rotatable bonds is 2. The average Bonchev–Trinajstić information content (AvgIpc) is 2.81. The molecule has 0 aromatic heterocycles. The van der Waals surface area contributed by atoms with E-state index < -0.39 is 5.60 Å². The molecule has 1 aromatic rings. The first-order valence-corrected chi connectivity index (χ1v) is 5.39. The van der Waals surface area contributed by atoms with Gasteiger partial charge in [0.1, 0.15) is 0 Å². The van der Waals surface area contributed by atoms with Crippen molar-refractivity contribution in [3.05, 3.63) is 35.4 Å². The lowest BCUT2D eigenvalue weighted by molar-refractivity contribution is 0.0786. The first kappa shape index (κ1) is 10.0. The molecule has 2 atom stereocenters. The Morgan fingerprint density at radius 2 is 1.79 bits per heavy atom. The summed E-state index contributed by atoms with van der Waals surface area (Å²) < 4.78 is 0. The summed E-state index contributed by atoms with van der Waals surface area (Å²) >= 11 is 5.97. The van der Waals surface area contributed by atoms with E-state index in [1.165, 1.54) is 5.56 Å². The minimum atomic E-state index is -0.748. The molecule has 0 aliphatic heterocycles. The maximum atomic E-state index is 9.76. The van der Waals surface area contributed by atoms with E-state index in [4.69, 9.17) is 11.6 Å². The van der Waals surface area contributed by atoms with Crippen LogP contribution in [-0.2, 0) is 5.60 Å². The molecule has 0 spiro atoms. The molecule has 0 radical (unpaired) electrons. The molecule has 0 heterocycles. The van der Waals surface area contributed by atoms with Crippen molar-refractivity contribution in [1.82, 2.24) is 0 Å². The molecular formula is C12H15ClO. The largest absolute Gasteiger partial charge is 0.386 e. The predicted octanol–water partition coefficient (Wildman–Crippen LogP) is 3.01. The van der Waals surface area contributed by atoms with E-state index in [2.05, 4.69) is 12.1 Å². The minimum absolute atomic E-state index is 0.322. The molecule has 76 valence electrons. The minimum Gasteiger partial charge on any atom is -0.386 e. The summed E-state index contributed by atoms with van der Waals surface area (Å²) in [6, 6.07) is 8.11. The third kappa shape index (κ3) is 1.94. The van der Waals surface area contributed by atoms with Crippen molar-refractivity contribution >= 4 is 11.6 Å². The van der Waals surface area contributed by atoms with E-state index in [9.17, 15) is 5.11 Å². The molecule has 14 heavy (non-hydrogen) atoms. The molecule has 1 nitrogen and oxygen atoms in total. The van der Waals surface area contributed by atoms with Crippen LogP contribution in [0.2, 0.25) is 0 Å². The number of hydrogen-bond acceptors (Lipinski definition) is 1. The summed E-state index contributed by atoms with van der Waals surface area (Å²) in [5.74, 6) is 0.535. The van der Waals surface area contributed by atoms with Crippen LogP contribution in [0.5, 0.6) is 0 Å². The molecule has 1 N–H and O–H groups in total. The summed E-state index contributed by atoms with van der Waals surface area (Å²) in [5, 5.41) is 10.1. The van der Waals surface area contributed by atoms with Gasteiger partial charge in [-0.05, 0) is 31.4 Å². The van der Waals surface area contributed by atoms with Gasteiger partial charge in [-0.25, -0.2) is 0 Å². The average molecular weight is 211 g/mol. The predicted molar refractivity (Wildman–Crippen MR) is 58.7 cm³/mol. The van der Waals surface area contributed by atoms with Crippen molar-refractivity contribution in [2.45, 2.75) is 37.2 Å². The van der Waals surface area contributed by atoms with Crippen LogP contribution < -0.4 is 0 Å². The summed E-state index contributed by atoms with van der Waals surface area (Å²) in [7, 11) is 0. The Hall–Kier alpha value is -0.530. The summed E-state index contributed by atoms with van der Waals surface area (Å²) in [5.41, 5.74) is 1.49. The standard InChI is InChI=1S/C12H15ClO/c1-12(2,14)9-5-3-8(4-6-9)10-7-11(10)13/h3-6,10-11,14H,7H2,1-2H3/t10-,11+/m0/s1. The van der Waals surface area contributed by atoms with Gasteiger partial charge >= 0.3 is 0 Å². The molecule has 2 rings (SSSR count). The fraction of sp³-hybridized carbons (Fsp3) is 0.500. The van der Waals surface area contributed by atoms with Crippen LogP contribution >= 0.6 is 11.6 Å². The van der Waals surface area contributed by atoms with E-state index in [1.807, 2.05) is 12.1 Å². The maximum Gasteiger partial charge on any atom is 0.0840 e. The SMILES string of the molecule is CC(C)(O)c1ccc([C@@H]2C[C@H]2Cl)cc1. The molecule has 1 fully saturated rings. The van der Waals surface area contributed by atoms with Gasteiger partial charge < -0.3 is 5.11 Å². The fourth-order valence-corrected chi connectivity index (χ4v) is 1.98. The molecule has 1 aliphatic carbocycles. The number of benzene rings is 1. The van der Waals surface area contributed by atoms with Crippen LogP contribution in [0.4, 0.5) is 0 Å². The van der Waals surface area contributed by atoms with Crippen molar-refractivity contribution < 1.29 is 5.11 Å². The Kier molecular flexibility index (Phi) is 2.32. The van der Waals surface area contributed by atoms with Crippen LogP contribution in [0.3, 0.4) is 0 Å². The smallest absolute Gasteiger partial charge is 0.0840 e. The van der Waals surface area contributed by atoms with Crippen molar-refractivity contribution in [2.75, 3.05) is 0 Å². The van der Waals surface area contributed by atoms with Gasteiger partial charge in [-0.15, -0.1) is 11.6 Å². The van der Waals surface area contributed by atoms with Crippen molar-refractivity contribution in [3.63, 3.8) is 0 Å². The van der Waals surface area contributed by atoms with Crippen LogP contribution in [-0.4, -0.2) is 10.5 Å². The Morgan fingerprint density at radius 3 is 2.14 bits per heavy atom. The topological polar surface area (TPSA) is 20.2 Å². The highest BCUT2D eigenvalue weighted by atomic mass is 35.5. The lowest BCUT2D eigenvalue weighted by Gasteiger charge is -2.17. The van der Waals surface area contributed by atoms with Crippen LogP contribution in [0, 0.1) is 0 Å². The number of hydrogen-bond donors (Lipinski definition) is 1. The van der Waals surface area contributed by atoms with Gasteiger partial charge in [-0.2, -0.15) is 0 Å². The Labute approximate surface area is 89.7 Å². The summed E-state index contributed by atoms with van der Waals surface area (Å²) in [6.07, 6.45) is 1.09. The van der Waals surface area contributed by atoms with Crippen LogP contribution in [0.1, 0.15) is 37.3 Å². The van der Waals surface area contributed by atoms with Crippen LogP contribution in [0.25, 0.3) is 0 Å². The Morgan fingerprint density at radius 1 is 1.29 bits per heavy atom. The van der Waals surface area contributed by atoms with Gasteiger partial charge in [0.2, 0.25) is 0 Å². The van der Waals surface area contributed by atoms with Crippen molar-refractivity contribution in [3.8, 4) is 0 Å². The lowest BCUT2D eigenvalue weighted by Crippen LogP contribution is -2.15. The molecule has 1 aliphatic rings. The molecule has 1 saturated carbocycles. The van der Waals surface area contributed by atoms with E-state index in [0.717, 1.165) is 12.0 Å². The van der Waals surface area contributed by atoms with Gasteiger partial charge in [0.05, 0.1) is 5.60 Å². The summed E-state index contributed by atoms with van der Waals surface area (Å²) in [4.78, 5) is 0. The summed E-state index contributed by atoms with van der Waals surface area (Å²) in [6.45, 7) is 3.59. The van der Waals surface area contributed by atoms with Crippen molar-refractivity contribution in [1.29, 1.82) is 0 Å². The number of halogens is 1. The number of aliphatic hydroxyl groups is 1. The zero-order chi connectivity index (χ0) is 10.3. The zero-order valence-corrected chi connectivity index (χ0v) is 9.25. The molecular weight excluding hydrogens is 196 g/mol. The Bertz CT molecular complexity index is 323. The van der Waals surface area contributed by atoms with E-state index in [0.29, 0.717) is 11.3 Å². The highest BCUT2D eigenvalue weighted by molar-refractivity contribution is 6.23. The highest BCUT2D eigenvalue weighted by Gasteiger charge is 2.36. The van der Waals surface area contributed by atoms with Gasteiger partial charge in [0.15, 0.2) is 0 Å². The number of alkyl halides is 1. The van der Waals surface area contributed by atoms with Gasteiger partial charge in [-0.1, -0.05) is 24.3 Å². The third-order valence-electron chi connectivity index (χ3n) is 2.76. The second kappa shape index (κ2) is 3.25. The fourth-order valence-electron chi connectivity index (χ4n) is 1.65. The van der Waals surface area contributed by atoms with E-state index in [1.54, 1.807) is 13.8 Å². The van der Waals surface area contributed by atoms with Gasteiger partial charge in [0, 0.05) is 11.3 Å². The lowest BCUT2D eigenvalue weighted by atomic mass is 9.96. The third-order valence-corrected chi connectivity index (χ3v) is 3.24. The maximum absolute atomic E-state index is 9.76. The molecule has 0 amide bonds. The quantitative estimate of drug-likeness (QED) is 0.745. The highest BCUT2D eigenvalue weighted by Crippen LogP contribution is 2.45.